The van der Waals surface area contributed by atoms with Gasteiger partial charge in [-0.25, -0.2) is 0 Å². The Balaban J connectivity index is 2.10. The zero-order chi connectivity index (χ0) is 12.6. The molecular weight excluding hydrogens is 252 g/mol. The van der Waals surface area contributed by atoms with Gasteiger partial charge >= 0.3 is 0 Å². The van der Waals surface area contributed by atoms with Crippen LogP contribution in [0.2, 0.25) is 5.02 Å². The molecule has 3 nitrogen and oxygen atoms in total. The topological polar surface area (TPSA) is 27.7 Å². The zero-order valence-corrected chi connectivity index (χ0v) is 11.2. The lowest BCUT2D eigenvalue weighted by atomic mass is 9.83. The molecule has 2 aliphatic rings. The Morgan fingerprint density at radius 1 is 1.06 bits per heavy atom. The lowest BCUT2D eigenvalue weighted by Gasteiger charge is -2.41. The molecule has 4 heteroatoms. The van der Waals surface area contributed by atoms with Gasteiger partial charge in [-0.15, -0.1) is 0 Å². The third-order valence-corrected chi connectivity index (χ3v) is 4.23. The highest BCUT2D eigenvalue weighted by atomic mass is 35.5. The average molecular weight is 269 g/mol. The lowest BCUT2D eigenvalue weighted by molar-refractivity contribution is -0.267. The van der Waals surface area contributed by atoms with Crippen LogP contribution in [0.15, 0.2) is 24.3 Å². The number of hydrogen-bond acceptors (Lipinski definition) is 3. The summed E-state index contributed by atoms with van der Waals surface area (Å²) in [6, 6.07) is 7.79. The van der Waals surface area contributed by atoms with E-state index in [9.17, 15) is 0 Å². The maximum absolute atomic E-state index is 6.34. The van der Waals surface area contributed by atoms with Crippen molar-refractivity contribution in [1.82, 2.24) is 0 Å². The summed E-state index contributed by atoms with van der Waals surface area (Å²) in [6.07, 6.45) is 1.86. The fraction of sp³-hybridized carbons (Fsp3) is 0.571. The Bertz CT molecular complexity index is 434. The molecule has 1 unspecified atom stereocenters. The van der Waals surface area contributed by atoms with Gasteiger partial charge < -0.3 is 14.2 Å². The smallest absolute Gasteiger partial charge is 0.199 e. The van der Waals surface area contributed by atoms with Crippen molar-refractivity contribution in [1.29, 1.82) is 0 Å². The van der Waals surface area contributed by atoms with Gasteiger partial charge in [0.05, 0.1) is 13.2 Å². The molecule has 3 rings (SSSR count). The van der Waals surface area contributed by atoms with Crippen LogP contribution >= 0.6 is 11.6 Å². The fourth-order valence-corrected chi connectivity index (χ4v) is 3.28. The van der Waals surface area contributed by atoms with Crippen molar-refractivity contribution >= 4 is 11.6 Å². The van der Waals surface area contributed by atoms with Crippen LogP contribution in [-0.4, -0.2) is 25.6 Å². The van der Waals surface area contributed by atoms with Crippen molar-refractivity contribution < 1.29 is 14.2 Å². The van der Waals surface area contributed by atoms with Gasteiger partial charge in [0.25, 0.3) is 0 Å². The summed E-state index contributed by atoms with van der Waals surface area (Å²) in [4.78, 5) is 0. The molecule has 0 radical (unpaired) electrons. The second kappa shape index (κ2) is 4.49. The quantitative estimate of drug-likeness (QED) is 0.825. The third kappa shape index (κ3) is 1.69. The summed E-state index contributed by atoms with van der Waals surface area (Å²) in [5.74, 6) is -0.742. The van der Waals surface area contributed by atoms with E-state index < -0.39 is 11.4 Å². The minimum atomic E-state index is -0.742. The van der Waals surface area contributed by atoms with Gasteiger partial charge in [0.2, 0.25) is 0 Å². The van der Waals surface area contributed by atoms with E-state index in [1.54, 1.807) is 0 Å². The molecule has 2 fully saturated rings. The number of halogens is 1. The van der Waals surface area contributed by atoms with Gasteiger partial charge in [-0.2, -0.15) is 0 Å². The Hall–Kier alpha value is -0.610. The summed E-state index contributed by atoms with van der Waals surface area (Å²) < 4.78 is 17.7. The van der Waals surface area contributed by atoms with Gasteiger partial charge in [-0.1, -0.05) is 29.8 Å². The molecule has 0 amide bonds. The molecule has 2 heterocycles. The average Bonchev–Trinajstić information content (AvgIpc) is 3.00. The van der Waals surface area contributed by atoms with Crippen LogP contribution in [0.1, 0.15) is 25.3 Å². The first kappa shape index (κ1) is 12.4. The van der Waals surface area contributed by atoms with Gasteiger partial charge in [-0.05, 0) is 25.8 Å². The van der Waals surface area contributed by atoms with Gasteiger partial charge in [-0.3, -0.25) is 0 Å². The summed E-state index contributed by atoms with van der Waals surface area (Å²) in [5.41, 5.74) is 0.385. The molecule has 1 atom stereocenters. The molecule has 2 saturated heterocycles. The van der Waals surface area contributed by atoms with Crippen molar-refractivity contribution in [2.45, 2.75) is 31.2 Å². The summed E-state index contributed by atoms with van der Waals surface area (Å²) in [5, 5.41) is 0.708. The summed E-state index contributed by atoms with van der Waals surface area (Å²) in [6.45, 7) is 3.88. The molecule has 18 heavy (non-hydrogen) atoms. The van der Waals surface area contributed by atoms with E-state index in [4.69, 9.17) is 25.8 Å². The SMILES string of the molecule is CC1(C2(c3ccccc3Cl)CCCO2)OCCO1. The van der Waals surface area contributed by atoms with Crippen molar-refractivity contribution in [2.75, 3.05) is 19.8 Å². The maximum Gasteiger partial charge on any atom is 0.199 e. The van der Waals surface area contributed by atoms with E-state index in [1.807, 2.05) is 31.2 Å². The number of hydrogen-bond donors (Lipinski definition) is 0. The minimum Gasteiger partial charge on any atom is -0.365 e. The Labute approximate surface area is 112 Å². The normalized spacial score (nSPS) is 30.8. The number of benzene rings is 1. The number of ether oxygens (including phenoxy) is 3. The predicted octanol–water partition coefficient (Wildman–Crippen LogP) is 3.11. The highest BCUT2D eigenvalue weighted by Crippen LogP contribution is 2.50. The minimum absolute atomic E-state index is 0.582. The first-order chi connectivity index (χ1) is 8.68. The monoisotopic (exact) mass is 268 g/mol. The summed E-state index contributed by atoms with van der Waals surface area (Å²) in [7, 11) is 0. The summed E-state index contributed by atoms with van der Waals surface area (Å²) >= 11 is 6.34. The molecule has 1 aromatic carbocycles. The van der Waals surface area contributed by atoms with E-state index in [0.29, 0.717) is 24.8 Å². The molecule has 0 saturated carbocycles. The van der Waals surface area contributed by atoms with Crippen molar-refractivity contribution in [2.24, 2.45) is 0 Å². The Kier molecular flexibility index (Phi) is 3.10. The van der Waals surface area contributed by atoms with Crippen molar-refractivity contribution in [3.8, 4) is 0 Å². The van der Waals surface area contributed by atoms with Crippen LogP contribution in [0, 0.1) is 0 Å². The van der Waals surface area contributed by atoms with Crippen molar-refractivity contribution in [3.05, 3.63) is 34.9 Å². The van der Waals surface area contributed by atoms with E-state index >= 15 is 0 Å². The van der Waals surface area contributed by atoms with Gasteiger partial charge in [0.15, 0.2) is 5.79 Å². The second-order valence-electron chi connectivity index (χ2n) is 4.90. The Morgan fingerprint density at radius 3 is 2.39 bits per heavy atom. The molecule has 98 valence electrons. The van der Waals surface area contributed by atoms with Crippen LogP contribution in [0.4, 0.5) is 0 Å². The molecule has 0 aliphatic carbocycles. The molecular formula is C14H17ClO3. The largest absolute Gasteiger partial charge is 0.365 e. The second-order valence-corrected chi connectivity index (χ2v) is 5.31. The zero-order valence-electron chi connectivity index (χ0n) is 10.4. The first-order valence-electron chi connectivity index (χ1n) is 6.35. The van der Waals surface area contributed by atoms with Crippen LogP contribution in [-0.2, 0) is 19.8 Å². The van der Waals surface area contributed by atoms with E-state index in [0.717, 1.165) is 18.4 Å². The van der Waals surface area contributed by atoms with E-state index in [1.165, 1.54) is 0 Å². The highest BCUT2D eigenvalue weighted by Gasteiger charge is 2.57. The lowest BCUT2D eigenvalue weighted by Crippen LogP contribution is -2.50. The third-order valence-electron chi connectivity index (χ3n) is 3.90. The fourth-order valence-electron chi connectivity index (χ4n) is 2.99. The number of rotatable bonds is 2. The van der Waals surface area contributed by atoms with Crippen molar-refractivity contribution in [3.63, 3.8) is 0 Å². The van der Waals surface area contributed by atoms with Gasteiger partial charge in [0.1, 0.15) is 5.60 Å². The predicted molar refractivity (Wildman–Crippen MR) is 68.6 cm³/mol. The van der Waals surface area contributed by atoms with Crippen LogP contribution in [0.25, 0.3) is 0 Å². The van der Waals surface area contributed by atoms with Gasteiger partial charge in [0, 0.05) is 17.2 Å². The van der Waals surface area contributed by atoms with E-state index in [2.05, 4.69) is 0 Å². The van der Waals surface area contributed by atoms with E-state index in [-0.39, 0.29) is 0 Å². The Morgan fingerprint density at radius 2 is 1.78 bits per heavy atom. The molecule has 1 aromatic rings. The van der Waals surface area contributed by atoms with Crippen LogP contribution < -0.4 is 0 Å². The molecule has 0 spiro atoms. The van der Waals surface area contributed by atoms with Crippen LogP contribution in [0.5, 0.6) is 0 Å². The standard InChI is InChI=1S/C14H17ClO3/c1-13(16-9-10-17-13)14(7-4-8-18-14)11-5-2-3-6-12(11)15/h2-3,5-6H,4,7-10H2,1H3. The highest BCUT2D eigenvalue weighted by molar-refractivity contribution is 6.31. The molecule has 0 N–H and O–H groups in total. The maximum atomic E-state index is 6.34. The first-order valence-corrected chi connectivity index (χ1v) is 6.73. The molecule has 2 aliphatic heterocycles. The molecule has 0 bridgehead atoms. The molecule has 0 aromatic heterocycles. The van der Waals surface area contributed by atoms with Crippen LogP contribution in [0.3, 0.4) is 0 Å².